The highest BCUT2D eigenvalue weighted by molar-refractivity contribution is 6.01. The SMILES string of the molecule is COc1ccc(NC(=O)C2(c3ccc(N)cc3)CC2)cc1. The molecule has 2 aromatic rings. The second kappa shape index (κ2) is 5.13. The number of ether oxygens (including phenoxy) is 1. The molecule has 4 heteroatoms. The van der Waals surface area contributed by atoms with Gasteiger partial charge in [0.05, 0.1) is 12.5 Å². The minimum Gasteiger partial charge on any atom is -0.497 e. The van der Waals surface area contributed by atoms with E-state index in [1.807, 2.05) is 48.5 Å². The molecule has 1 amide bonds. The molecule has 0 heterocycles. The van der Waals surface area contributed by atoms with Gasteiger partial charge in [-0.05, 0) is 54.8 Å². The van der Waals surface area contributed by atoms with Gasteiger partial charge in [-0.2, -0.15) is 0 Å². The molecular formula is C17H18N2O2. The molecule has 108 valence electrons. The molecule has 2 aromatic carbocycles. The molecule has 0 aliphatic heterocycles. The Morgan fingerprint density at radius 1 is 1.10 bits per heavy atom. The van der Waals surface area contributed by atoms with E-state index in [4.69, 9.17) is 10.5 Å². The maximum absolute atomic E-state index is 12.6. The van der Waals surface area contributed by atoms with E-state index in [2.05, 4.69) is 5.32 Å². The van der Waals surface area contributed by atoms with Gasteiger partial charge in [-0.1, -0.05) is 12.1 Å². The molecule has 3 N–H and O–H groups in total. The standard InChI is InChI=1S/C17H18N2O2/c1-21-15-8-6-14(7-9-15)19-16(20)17(10-11-17)12-2-4-13(18)5-3-12/h2-9H,10-11,18H2,1H3,(H,19,20). The van der Waals surface area contributed by atoms with E-state index in [1.165, 1.54) is 0 Å². The lowest BCUT2D eigenvalue weighted by Crippen LogP contribution is -2.27. The van der Waals surface area contributed by atoms with Crippen LogP contribution in [0.5, 0.6) is 5.75 Å². The summed E-state index contributed by atoms with van der Waals surface area (Å²) in [6, 6.07) is 14.9. The monoisotopic (exact) mass is 282 g/mol. The average Bonchev–Trinajstić information content (AvgIpc) is 3.30. The predicted molar refractivity (Wildman–Crippen MR) is 83.4 cm³/mol. The number of hydrogen-bond donors (Lipinski definition) is 2. The number of nitrogens with one attached hydrogen (secondary N) is 1. The first-order valence-corrected chi connectivity index (χ1v) is 6.96. The Morgan fingerprint density at radius 3 is 2.24 bits per heavy atom. The fourth-order valence-electron chi connectivity index (χ4n) is 2.50. The molecule has 1 fully saturated rings. The van der Waals surface area contributed by atoms with Crippen LogP contribution in [-0.2, 0) is 10.2 Å². The Hall–Kier alpha value is -2.49. The zero-order valence-corrected chi connectivity index (χ0v) is 11.9. The molecule has 0 unspecified atom stereocenters. The zero-order valence-electron chi connectivity index (χ0n) is 11.9. The molecule has 0 radical (unpaired) electrons. The maximum Gasteiger partial charge on any atom is 0.235 e. The van der Waals surface area contributed by atoms with Crippen molar-refractivity contribution in [3.63, 3.8) is 0 Å². The maximum atomic E-state index is 12.6. The molecule has 0 saturated heterocycles. The highest BCUT2D eigenvalue weighted by Crippen LogP contribution is 2.49. The number of hydrogen-bond acceptors (Lipinski definition) is 3. The lowest BCUT2D eigenvalue weighted by Gasteiger charge is -2.16. The van der Waals surface area contributed by atoms with E-state index in [9.17, 15) is 4.79 Å². The number of nitrogen functional groups attached to an aromatic ring is 1. The Morgan fingerprint density at radius 2 is 1.71 bits per heavy atom. The molecule has 3 rings (SSSR count). The summed E-state index contributed by atoms with van der Waals surface area (Å²) in [6.07, 6.45) is 1.75. The van der Waals surface area contributed by atoms with E-state index in [-0.39, 0.29) is 5.91 Å². The molecule has 0 aromatic heterocycles. The topological polar surface area (TPSA) is 64.3 Å². The van der Waals surface area contributed by atoms with Crippen molar-refractivity contribution in [3.05, 3.63) is 54.1 Å². The van der Waals surface area contributed by atoms with Gasteiger partial charge in [-0.25, -0.2) is 0 Å². The summed E-state index contributed by atoms with van der Waals surface area (Å²) in [6.45, 7) is 0. The van der Waals surface area contributed by atoms with Gasteiger partial charge < -0.3 is 15.8 Å². The van der Waals surface area contributed by atoms with Crippen molar-refractivity contribution in [2.24, 2.45) is 0 Å². The summed E-state index contributed by atoms with van der Waals surface area (Å²) in [4.78, 5) is 12.6. The number of amides is 1. The van der Waals surface area contributed by atoms with Crippen LogP contribution in [0.4, 0.5) is 11.4 Å². The van der Waals surface area contributed by atoms with Crippen molar-refractivity contribution in [1.82, 2.24) is 0 Å². The van der Waals surface area contributed by atoms with Crippen molar-refractivity contribution >= 4 is 17.3 Å². The van der Waals surface area contributed by atoms with Crippen LogP contribution >= 0.6 is 0 Å². The van der Waals surface area contributed by atoms with E-state index in [1.54, 1.807) is 7.11 Å². The van der Waals surface area contributed by atoms with Crippen LogP contribution < -0.4 is 15.8 Å². The van der Waals surface area contributed by atoms with Crippen molar-refractivity contribution in [3.8, 4) is 5.75 Å². The highest BCUT2D eigenvalue weighted by atomic mass is 16.5. The number of carbonyl (C=O) groups is 1. The van der Waals surface area contributed by atoms with Gasteiger partial charge in [-0.3, -0.25) is 4.79 Å². The third kappa shape index (κ3) is 2.57. The molecule has 0 spiro atoms. The fraction of sp³-hybridized carbons (Fsp3) is 0.235. The van der Waals surface area contributed by atoms with Crippen molar-refractivity contribution in [1.29, 1.82) is 0 Å². The predicted octanol–water partition coefficient (Wildman–Crippen LogP) is 2.95. The van der Waals surface area contributed by atoms with Crippen LogP contribution in [0.1, 0.15) is 18.4 Å². The van der Waals surface area contributed by atoms with Gasteiger partial charge in [0.2, 0.25) is 5.91 Å². The Balaban J connectivity index is 1.76. The van der Waals surface area contributed by atoms with Crippen LogP contribution in [0, 0.1) is 0 Å². The first-order valence-electron chi connectivity index (χ1n) is 6.96. The summed E-state index contributed by atoms with van der Waals surface area (Å²) < 4.78 is 5.11. The van der Waals surface area contributed by atoms with Gasteiger partial charge in [0.15, 0.2) is 0 Å². The van der Waals surface area contributed by atoms with Crippen molar-refractivity contribution in [2.75, 3.05) is 18.2 Å². The Bertz CT molecular complexity index is 643. The molecule has 0 atom stereocenters. The number of methoxy groups -OCH3 is 1. The number of anilines is 2. The molecule has 1 aliphatic carbocycles. The van der Waals surface area contributed by atoms with Crippen LogP contribution in [0.25, 0.3) is 0 Å². The lowest BCUT2D eigenvalue weighted by atomic mass is 9.94. The van der Waals surface area contributed by atoms with Gasteiger partial charge in [0.1, 0.15) is 5.75 Å². The largest absolute Gasteiger partial charge is 0.497 e. The normalized spacial score (nSPS) is 15.3. The smallest absolute Gasteiger partial charge is 0.235 e. The quantitative estimate of drug-likeness (QED) is 0.847. The summed E-state index contributed by atoms with van der Waals surface area (Å²) in [5.74, 6) is 0.810. The molecule has 1 aliphatic rings. The minimum absolute atomic E-state index is 0.0393. The third-order valence-electron chi connectivity index (χ3n) is 4.00. The second-order valence-electron chi connectivity index (χ2n) is 5.39. The van der Waals surface area contributed by atoms with E-state index < -0.39 is 5.41 Å². The number of nitrogens with two attached hydrogens (primary N) is 1. The molecular weight excluding hydrogens is 264 g/mol. The Labute approximate surface area is 123 Å². The van der Waals surface area contributed by atoms with Gasteiger partial charge in [-0.15, -0.1) is 0 Å². The van der Waals surface area contributed by atoms with Crippen LogP contribution in [0.3, 0.4) is 0 Å². The summed E-state index contributed by atoms with van der Waals surface area (Å²) in [7, 11) is 1.62. The lowest BCUT2D eigenvalue weighted by molar-refractivity contribution is -0.118. The average molecular weight is 282 g/mol. The summed E-state index contributed by atoms with van der Waals surface area (Å²) in [5, 5.41) is 2.98. The first kappa shape index (κ1) is 13.5. The first-order chi connectivity index (χ1) is 10.1. The van der Waals surface area contributed by atoms with Gasteiger partial charge in [0.25, 0.3) is 0 Å². The minimum atomic E-state index is -0.395. The van der Waals surface area contributed by atoms with Crippen molar-refractivity contribution in [2.45, 2.75) is 18.3 Å². The number of benzene rings is 2. The van der Waals surface area contributed by atoms with E-state index in [0.29, 0.717) is 5.69 Å². The zero-order chi connectivity index (χ0) is 14.9. The van der Waals surface area contributed by atoms with E-state index >= 15 is 0 Å². The fourth-order valence-corrected chi connectivity index (χ4v) is 2.50. The second-order valence-corrected chi connectivity index (χ2v) is 5.39. The van der Waals surface area contributed by atoms with E-state index in [0.717, 1.165) is 29.8 Å². The third-order valence-corrected chi connectivity index (χ3v) is 4.00. The molecule has 21 heavy (non-hydrogen) atoms. The molecule has 4 nitrogen and oxygen atoms in total. The molecule has 0 bridgehead atoms. The molecule has 1 saturated carbocycles. The van der Waals surface area contributed by atoms with Crippen LogP contribution in [0.15, 0.2) is 48.5 Å². The Kier molecular flexibility index (Phi) is 3.29. The summed E-state index contributed by atoms with van der Waals surface area (Å²) >= 11 is 0. The van der Waals surface area contributed by atoms with Gasteiger partial charge >= 0.3 is 0 Å². The van der Waals surface area contributed by atoms with Crippen molar-refractivity contribution < 1.29 is 9.53 Å². The van der Waals surface area contributed by atoms with Crippen LogP contribution in [0.2, 0.25) is 0 Å². The van der Waals surface area contributed by atoms with Crippen LogP contribution in [-0.4, -0.2) is 13.0 Å². The number of rotatable bonds is 4. The van der Waals surface area contributed by atoms with Gasteiger partial charge in [0, 0.05) is 11.4 Å². The number of carbonyl (C=O) groups excluding carboxylic acids is 1. The highest BCUT2D eigenvalue weighted by Gasteiger charge is 2.51. The summed E-state index contributed by atoms with van der Waals surface area (Å²) in [5.41, 5.74) is 7.83.